The van der Waals surface area contributed by atoms with Gasteiger partial charge in [0.15, 0.2) is 0 Å². The van der Waals surface area contributed by atoms with Gasteiger partial charge < -0.3 is 26.6 Å². The van der Waals surface area contributed by atoms with E-state index in [9.17, 15) is 0 Å². The number of hydrogen-bond donors (Lipinski definition) is 0. The van der Waals surface area contributed by atoms with Gasteiger partial charge >= 0.3 is 17.6 Å². The van der Waals surface area contributed by atoms with Gasteiger partial charge in [-0.25, -0.2) is 0 Å². The van der Waals surface area contributed by atoms with Crippen LogP contribution in [-0.2, 0) is 0 Å². The maximum atomic E-state index is 6.67. The second-order valence-electron chi connectivity index (χ2n) is 11.8. The molecule has 0 amide bonds. The molecule has 0 fully saturated rings. The van der Waals surface area contributed by atoms with Gasteiger partial charge in [-0.05, 0) is 95.5 Å². The van der Waals surface area contributed by atoms with Gasteiger partial charge in [-0.1, -0.05) is 131 Å². The molecule has 0 aliphatic heterocycles. The average molecular weight is 795 g/mol. The van der Waals surface area contributed by atoms with Crippen LogP contribution in [0.2, 0.25) is 12.1 Å². The lowest BCUT2D eigenvalue weighted by molar-refractivity contribution is 0.259. The van der Waals surface area contributed by atoms with E-state index in [1.807, 2.05) is 204 Å². The molecule has 0 unspecified atom stereocenters. The lowest BCUT2D eigenvalue weighted by Gasteiger charge is -2.30. The molecule has 0 aromatic heterocycles. The predicted octanol–water partition coefficient (Wildman–Crippen LogP) is 12.1. The zero-order valence-corrected chi connectivity index (χ0v) is 33.7. The van der Waals surface area contributed by atoms with Crippen LogP contribution in [0.3, 0.4) is 0 Å². The van der Waals surface area contributed by atoms with E-state index in [4.69, 9.17) is 26.6 Å². The van der Waals surface area contributed by atoms with Crippen LogP contribution in [-0.4, -0.2) is 29.1 Å². The highest BCUT2D eigenvalue weighted by Gasteiger charge is 2.50. The van der Waals surface area contributed by atoms with Crippen molar-refractivity contribution in [2.75, 3.05) is 11.5 Å². The van der Waals surface area contributed by atoms with Gasteiger partial charge in [-0.15, -0.1) is 0 Å². The van der Waals surface area contributed by atoms with Crippen molar-refractivity contribution >= 4 is 49.0 Å². The summed E-state index contributed by atoms with van der Waals surface area (Å²) in [5.74, 6) is 6.19. The molecule has 0 saturated heterocycles. The monoisotopic (exact) mass is 794 g/mol. The van der Waals surface area contributed by atoms with E-state index >= 15 is 0 Å². The zero-order valence-electron chi connectivity index (χ0n) is 29.2. The highest BCUT2D eigenvalue weighted by molar-refractivity contribution is 9.09. The third-order valence-corrected chi connectivity index (χ3v) is 17.2. The fourth-order valence-corrected chi connectivity index (χ4v) is 14.7. The van der Waals surface area contributed by atoms with Crippen molar-refractivity contribution in [1.82, 2.24) is 0 Å². The third kappa shape index (κ3) is 12.9. The summed E-state index contributed by atoms with van der Waals surface area (Å²) >= 11 is 0. The second-order valence-corrected chi connectivity index (χ2v) is 21.2. The number of rotatable bonds is 22. The summed E-state index contributed by atoms with van der Waals surface area (Å²) in [7, 11) is -1.11. The zero-order chi connectivity index (χ0) is 36.3. The molecule has 0 aliphatic rings. The first-order valence-corrected chi connectivity index (χ1v) is 25.2. The van der Waals surface area contributed by atoms with E-state index in [0.717, 1.165) is 58.8 Å². The van der Waals surface area contributed by atoms with Gasteiger partial charge in [0.05, 0.1) is 12.1 Å². The van der Waals surface area contributed by atoms with Crippen molar-refractivity contribution in [3.63, 3.8) is 0 Å². The van der Waals surface area contributed by atoms with Crippen LogP contribution in [0.5, 0.6) is 34.5 Å². The summed E-state index contributed by atoms with van der Waals surface area (Å²) in [6.45, 7) is 0. The van der Waals surface area contributed by atoms with Crippen LogP contribution >= 0.6 is 31.4 Å². The molecule has 11 heteroatoms. The summed E-state index contributed by atoms with van der Waals surface area (Å²) < 4.78 is 40.0. The topological polar surface area (TPSA) is 55.4 Å². The second kappa shape index (κ2) is 20.7. The largest absolute Gasteiger partial charge is 0.699 e. The van der Waals surface area contributed by atoms with Crippen molar-refractivity contribution in [2.24, 2.45) is 0 Å². The van der Waals surface area contributed by atoms with Gasteiger partial charge in [0.2, 0.25) is 0 Å². The van der Waals surface area contributed by atoms with Gasteiger partial charge in [-0.2, -0.15) is 0 Å². The summed E-state index contributed by atoms with van der Waals surface area (Å²) in [4.78, 5) is 0. The molecule has 0 spiro atoms. The smallest absolute Gasteiger partial charge is 0.483 e. The van der Waals surface area contributed by atoms with E-state index < -0.39 is 17.6 Å². The molecule has 0 radical (unpaired) electrons. The van der Waals surface area contributed by atoms with Crippen molar-refractivity contribution in [3.8, 4) is 34.5 Å². The molecule has 272 valence electrons. The molecule has 6 aromatic rings. The molecule has 0 bridgehead atoms. The first kappa shape index (κ1) is 38.3. The lowest BCUT2D eigenvalue weighted by Crippen LogP contribution is -2.54. The van der Waals surface area contributed by atoms with Crippen LogP contribution in [0.25, 0.3) is 0 Å². The first-order valence-electron chi connectivity index (χ1n) is 17.5. The van der Waals surface area contributed by atoms with E-state index in [1.165, 1.54) is 0 Å². The van der Waals surface area contributed by atoms with Crippen molar-refractivity contribution in [3.05, 3.63) is 182 Å². The Balaban J connectivity index is 1.06. The van der Waals surface area contributed by atoms with Crippen LogP contribution in [0.4, 0.5) is 0 Å². The highest BCUT2D eigenvalue weighted by atomic mass is 33.5. The number of benzene rings is 6. The SMILES string of the molecule is c1ccc(O[Si](CCCSSSCCC[Si](Oc2ccccc2)(Oc2ccccc2)Oc2ccccc2)(Oc2ccccc2)Oc2ccccc2)cc1. The standard InChI is InChI=1S/C42H42O6S3Si2/c1-7-21-37(22-8-1)43-52(44-38-23-9-2-10-24-38,45-39-25-11-3-12-26-39)35-19-33-49-51-50-34-20-36-53(46-40-27-13-4-14-28-40,47-41-29-15-5-16-30-41)48-42-31-17-6-18-32-42/h1-18,21-32H,19-20,33-36H2. The molecule has 6 nitrogen and oxygen atoms in total. The molecule has 6 aromatic carbocycles. The summed E-state index contributed by atoms with van der Waals surface area (Å²) in [5.41, 5.74) is 0. The Labute approximate surface area is 326 Å². The van der Waals surface area contributed by atoms with Gasteiger partial charge in [0.1, 0.15) is 34.5 Å². The molecule has 0 saturated carbocycles. The third-order valence-electron chi connectivity index (χ3n) is 7.62. The lowest BCUT2D eigenvalue weighted by atomic mass is 10.3. The molecule has 6 rings (SSSR count). The fraction of sp³-hybridized carbons (Fsp3) is 0.143. The Morgan fingerprint density at radius 1 is 0.302 bits per heavy atom. The maximum absolute atomic E-state index is 6.67. The van der Waals surface area contributed by atoms with Crippen molar-refractivity contribution < 1.29 is 26.6 Å². The molecular weight excluding hydrogens is 753 g/mol. The molecule has 0 N–H and O–H groups in total. The summed E-state index contributed by atoms with van der Waals surface area (Å²) in [6.07, 6.45) is 1.71. The van der Waals surface area contributed by atoms with Crippen LogP contribution in [0.1, 0.15) is 12.8 Å². The van der Waals surface area contributed by atoms with E-state index in [-0.39, 0.29) is 0 Å². The minimum absolute atomic E-state index is 0.641. The van der Waals surface area contributed by atoms with E-state index in [2.05, 4.69) is 0 Å². The van der Waals surface area contributed by atoms with Crippen molar-refractivity contribution in [2.45, 2.75) is 24.9 Å². The quantitative estimate of drug-likeness (QED) is 0.0380. The van der Waals surface area contributed by atoms with Gasteiger partial charge in [0.25, 0.3) is 0 Å². The van der Waals surface area contributed by atoms with Gasteiger partial charge in [0, 0.05) is 11.5 Å². The molecule has 0 aliphatic carbocycles. The molecule has 53 heavy (non-hydrogen) atoms. The highest BCUT2D eigenvalue weighted by Crippen LogP contribution is 2.38. The Bertz CT molecular complexity index is 1530. The van der Waals surface area contributed by atoms with Crippen LogP contribution in [0.15, 0.2) is 182 Å². The van der Waals surface area contributed by atoms with Crippen LogP contribution < -0.4 is 26.6 Å². The van der Waals surface area contributed by atoms with Crippen LogP contribution in [0, 0.1) is 0 Å². The fourth-order valence-electron chi connectivity index (χ4n) is 5.24. The molecular formula is C42H42O6S3Si2. The van der Waals surface area contributed by atoms with Crippen molar-refractivity contribution in [1.29, 1.82) is 0 Å². The maximum Gasteiger partial charge on any atom is 0.699 e. The number of hydrogen-bond acceptors (Lipinski definition) is 9. The van der Waals surface area contributed by atoms with E-state index in [1.54, 1.807) is 9.83 Å². The average Bonchev–Trinajstić information content (AvgIpc) is 3.19. The van der Waals surface area contributed by atoms with Gasteiger partial charge in [-0.3, -0.25) is 0 Å². The molecule has 0 atom stereocenters. The summed E-state index contributed by atoms with van der Waals surface area (Å²) in [6, 6.07) is 60.1. The number of para-hydroxylation sites is 6. The summed E-state index contributed by atoms with van der Waals surface area (Å²) in [5, 5.41) is 0. The Kier molecular flexibility index (Phi) is 15.0. The Morgan fingerprint density at radius 2 is 0.509 bits per heavy atom. The first-order chi connectivity index (χ1) is 26.2. The minimum Gasteiger partial charge on any atom is -0.483 e. The van der Waals surface area contributed by atoms with E-state index in [0.29, 0.717) is 12.1 Å². The minimum atomic E-state index is -3.28. The normalized spacial score (nSPS) is 11.3. The molecule has 0 heterocycles. The Morgan fingerprint density at radius 3 is 0.717 bits per heavy atom. The Hall–Kier alpha value is -4.40. The predicted molar refractivity (Wildman–Crippen MR) is 225 cm³/mol.